The van der Waals surface area contributed by atoms with Crippen molar-refractivity contribution in [2.45, 2.75) is 30.4 Å². The van der Waals surface area contributed by atoms with Gasteiger partial charge < -0.3 is 5.32 Å². The molecule has 1 N–H and O–H groups in total. The number of halogens is 4. The zero-order valence-electron chi connectivity index (χ0n) is 16.1. The van der Waals surface area contributed by atoms with Crippen LogP contribution in [0, 0.1) is 0 Å². The summed E-state index contributed by atoms with van der Waals surface area (Å²) in [6, 6.07) is 12.2. The van der Waals surface area contributed by atoms with Crippen LogP contribution in [0.4, 0.5) is 13.2 Å². The molecule has 3 aromatic rings. The minimum absolute atomic E-state index is 0.191. The Kier molecular flexibility index (Phi) is 6.87. The van der Waals surface area contributed by atoms with Crippen molar-refractivity contribution in [1.82, 2.24) is 20.1 Å². The summed E-state index contributed by atoms with van der Waals surface area (Å²) in [6.45, 7) is 4.00. The number of hydrogen-bond donors (Lipinski definition) is 1. The van der Waals surface area contributed by atoms with Gasteiger partial charge in [0, 0.05) is 16.6 Å². The van der Waals surface area contributed by atoms with Crippen LogP contribution in [0.3, 0.4) is 0 Å². The van der Waals surface area contributed by atoms with Crippen molar-refractivity contribution < 1.29 is 18.0 Å². The number of amides is 1. The maximum absolute atomic E-state index is 13.3. The molecule has 3 rings (SSSR count). The first-order valence-corrected chi connectivity index (χ1v) is 10.7. The molecule has 0 spiro atoms. The number of hydrogen-bond acceptors (Lipinski definition) is 4. The van der Waals surface area contributed by atoms with Gasteiger partial charge in [0.2, 0.25) is 5.91 Å². The highest BCUT2D eigenvalue weighted by Crippen LogP contribution is 2.35. The van der Waals surface area contributed by atoms with Gasteiger partial charge in [-0.05, 0) is 38.1 Å². The lowest BCUT2D eigenvalue weighted by Gasteiger charge is -2.15. The Labute approximate surface area is 184 Å². The normalized spacial score (nSPS) is 12.6. The number of aromatic nitrogens is 3. The second-order valence-electron chi connectivity index (χ2n) is 6.32. The third-order valence-electron chi connectivity index (χ3n) is 4.18. The van der Waals surface area contributed by atoms with E-state index < -0.39 is 17.0 Å². The Morgan fingerprint density at radius 3 is 2.60 bits per heavy atom. The van der Waals surface area contributed by atoms with Crippen LogP contribution in [0.15, 0.2) is 58.2 Å². The molecule has 5 nitrogen and oxygen atoms in total. The average Bonchev–Trinajstić information content (AvgIpc) is 3.11. The molecule has 1 amide bonds. The molecule has 1 atom stereocenters. The van der Waals surface area contributed by atoms with Crippen LogP contribution in [0.2, 0.25) is 0 Å². The number of carbonyl (C=O) groups excluding carboxylic acids is 1. The molecule has 1 unspecified atom stereocenters. The molecule has 1 aromatic heterocycles. The molecule has 0 bridgehead atoms. The summed E-state index contributed by atoms with van der Waals surface area (Å²) in [5.74, 6) is 0.177. The first-order chi connectivity index (χ1) is 14.2. The fourth-order valence-electron chi connectivity index (χ4n) is 2.75. The molecule has 30 heavy (non-hydrogen) atoms. The Balaban J connectivity index is 2.14. The van der Waals surface area contributed by atoms with Crippen molar-refractivity contribution in [1.29, 1.82) is 0 Å². The third kappa shape index (κ3) is 4.86. The van der Waals surface area contributed by atoms with Crippen LogP contribution in [-0.4, -0.2) is 32.5 Å². The number of nitrogens with one attached hydrogen (secondary N) is 1. The number of nitrogens with zero attached hydrogens (tertiary/aromatic N) is 3. The topological polar surface area (TPSA) is 59.8 Å². The van der Waals surface area contributed by atoms with Crippen molar-refractivity contribution in [3.05, 3.63) is 58.6 Å². The highest BCUT2D eigenvalue weighted by atomic mass is 79.9. The minimum atomic E-state index is -4.49. The number of rotatable bonds is 6. The highest BCUT2D eigenvalue weighted by molar-refractivity contribution is 9.10. The van der Waals surface area contributed by atoms with Gasteiger partial charge in [0.05, 0.1) is 16.5 Å². The maximum atomic E-state index is 13.3. The van der Waals surface area contributed by atoms with Gasteiger partial charge in [-0.15, -0.1) is 10.2 Å². The lowest BCUT2D eigenvalue weighted by atomic mass is 10.1. The van der Waals surface area contributed by atoms with Gasteiger partial charge >= 0.3 is 6.18 Å². The van der Waals surface area contributed by atoms with E-state index in [9.17, 15) is 18.0 Å². The minimum Gasteiger partial charge on any atom is -0.355 e. The highest BCUT2D eigenvalue weighted by Gasteiger charge is 2.31. The van der Waals surface area contributed by atoms with E-state index in [1.54, 1.807) is 25.1 Å². The quantitative estimate of drug-likeness (QED) is 0.466. The van der Waals surface area contributed by atoms with E-state index >= 15 is 0 Å². The van der Waals surface area contributed by atoms with Crippen LogP contribution in [0.1, 0.15) is 19.4 Å². The molecule has 0 fully saturated rings. The van der Waals surface area contributed by atoms with E-state index in [4.69, 9.17) is 0 Å². The third-order valence-corrected chi connectivity index (χ3v) is 5.92. The van der Waals surface area contributed by atoms with Crippen LogP contribution >= 0.6 is 27.7 Å². The van der Waals surface area contributed by atoms with Gasteiger partial charge in [-0.2, -0.15) is 13.2 Å². The smallest absolute Gasteiger partial charge is 0.355 e. The van der Waals surface area contributed by atoms with E-state index in [-0.39, 0.29) is 11.6 Å². The molecule has 0 aliphatic heterocycles. The van der Waals surface area contributed by atoms with E-state index in [1.165, 1.54) is 10.6 Å². The molecule has 158 valence electrons. The van der Waals surface area contributed by atoms with E-state index in [1.807, 2.05) is 19.1 Å². The molecule has 0 aliphatic rings. The lowest BCUT2D eigenvalue weighted by molar-refractivity contribution is -0.137. The second kappa shape index (κ2) is 9.22. The summed E-state index contributed by atoms with van der Waals surface area (Å²) in [5, 5.41) is 10.9. The SMILES string of the molecule is CCNC(=O)C(C)Sc1nnc(-c2ccccc2Br)n1-c1cccc(C(F)(F)F)c1. The summed E-state index contributed by atoms with van der Waals surface area (Å²) < 4.78 is 42.1. The number of alkyl halides is 3. The molecular weight excluding hydrogens is 481 g/mol. The van der Waals surface area contributed by atoms with E-state index in [0.29, 0.717) is 23.1 Å². The lowest BCUT2D eigenvalue weighted by Crippen LogP contribution is -2.30. The van der Waals surface area contributed by atoms with Gasteiger partial charge in [-0.3, -0.25) is 9.36 Å². The van der Waals surface area contributed by atoms with Gasteiger partial charge in [0.1, 0.15) is 0 Å². The van der Waals surface area contributed by atoms with E-state index in [0.717, 1.165) is 28.4 Å². The maximum Gasteiger partial charge on any atom is 0.416 e. The van der Waals surface area contributed by atoms with Crippen molar-refractivity contribution in [3.63, 3.8) is 0 Å². The molecule has 2 aromatic carbocycles. The Bertz CT molecular complexity index is 1050. The predicted octanol–water partition coefficient (Wildman–Crippen LogP) is 5.33. The number of carbonyl (C=O) groups is 1. The summed E-state index contributed by atoms with van der Waals surface area (Å²) >= 11 is 4.59. The molecule has 0 radical (unpaired) electrons. The average molecular weight is 499 g/mol. The molecular formula is C20H18BrF3N4OS. The first-order valence-electron chi connectivity index (χ1n) is 9.04. The number of thioether (sulfide) groups is 1. The molecule has 1 heterocycles. The van der Waals surface area contributed by atoms with Crippen LogP contribution in [0.5, 0.6) is 0 Å². The molecule has 0 saturated carbocycles. The van der Waals surface area contributed by atoms with Gasteiger partial charge in [0.15, 0.2) is 11.0 Å². The van der Waals surface area contributed by atoms with Crippen molar-refractivity contribution >= 4 is 33.6 Å². The van der Waals surface area contributed by atoms with Crippen molar-refractivity contribution in [2.24, 2.45) is 0 Å². The van der Waals surface area contributed by atoms with Crippen molar-refractivity contribution in [3.8, 4) is 17.1 Å². The Morgan fingerprint density at radius 1 is 1.20 bits per heavy atom. The second-order valence-corrected chi connectivity index (χ2v) is 8.49. The van der Waals surface area contributed by atoms with Gasteiger partial charge in [-0.1, -0.05) is 52.0 Å². The van der Waals surface area contributed by atoms with Crippen LogP contribution < -0.4 is 5.32 Å². The standard InChI is InChI=1S/C20H18BrF3N4OS/c1-3-25-18(29)12(2)30-19-27-26-17(15-9-4-5-10-16(15)21)28(19)14-8-6-7-13(11-14)20(22,23)24/h4-12H,3H2,1-2H3,(H,25,29). The summed E-state index contributed by atoms with van der Waals surface area (Å²) in [5.41, 5.74) is 0.144. The van der Waals surface area contributed by atoms with Gasteiger partial charge in [-0.25, -0.2) is 0 Å². The predicted molar refractivity (Wildman–Crippen MR) is 113 cm³/mol. The number of benzene rings is 2. The Morgan fingerprint density at radius 2 is 1.93 bits per heavy atom. The first kappa shape index (κ1) is 22.4. The largest absolute Gasteiger partial charge is 0.416 e. The summed E-state index contributed by atoms with van der Waals surface area (Å²) in [7, 11) is 0. The monoisotopic (exact) mass is 498 g/mol. The van der Waals surface area contributed by atoms with E-state index in [2.05, 4.69) is 31.4 Å². The molecule has 0 saturated heterocycles. The van der Waals surface area contributed by atoms with Crippen LogP contribution in [-0.2, 0) is 11.0 Å². The van der Waals surface area contributed by atoms with Crippen LogP contribution in [0.25, 0.3) is 17.1 Å². The van der Waals surface area contributed by atoms with Crippen molar-refractivity contribution in [2.75, 3.05) is 6.54 Å². The zero-order valence-corrected chi connectivity index (χ0v) is 18.5. The molecule has 10 heteroatoms. The molecule has 0 aliphatic carbocycles. The zero-order chi connectivity index (χ0) is 21.9. The summed E-state index contributed by atoms with van der Waals surface area (Å²) in [6.07, 6.45) is -4.49. The summed E-state index contributed by atoms with van der Waals surface area (Å²) in [4.78, 5) is 12.2. The Hall–Kier alpha value is -2.33. The van der Waals surface area contributed by atoms with Gasteiger partial charge in [0.25, 0.3) is 0 Å². The fraction of sp³-hybridized carbons (Fsp3) is 0.250. The fourth-order valence-corrected chi connectivity index (χ4v) is 4.10.